The number of aliphatic hydroxyl groups is 1. The van der Waals surface area contributed by atoms with E-state index in [1.165, 1.54) is 12.8 Å². The van der Waals surface area contributed by atoms with Crippen molar-refractivity contribution in [3.63, 3.8) is 0 Å². The van der Waals surface area contributed by atoms with Crippen molar-refractivity contribution in [3.8, 4) is 0 Å². The van der Waals surface area contributed by atoms with Gasteiger partial charge in [-0.3, -0.25) is 4.90 Å². The Balaban J connectivity index is 1.58. The van der Waals surface area contributed by atoms with E-state index < -0.39 is 0 Å². The number of halogens is 1. The summed E-state index contributed by atoms with van der Waals surface area (Å²) in [5.74, 6) is 0.785. The molecule has 1 fully saturated rings. The average Bonchev–Trinajstić information content (AvgIpc) is 2.97. The van der Waals surface area contributed by atoms with Gasteiger partial charge in [0, 0.05) is 30.7 Å². The molecule has 21 heavy (non-hydrogen) atoms. The monoisotopic (exact) mass is 308 g/mol. The molecule has 0 spiro atoms. The first-order valence-corrected chi connectivity index (χ1v) is 7.88. The van der Waals surface area contributed by atoms with E-state index in [1.807, 2.05) is 18.3 Å². The summed E-state index contributed by atoms with van der Waals surface area (Å²) in [6, 6.07) is 4.09. The molecule has 6 heteroatoms. The summed E-state index contributed by atoms with van der Waals surface area (Å²) in [4.78, 5) is 9.93. The maximum Gasteiger partial charge on any atom is 0.141 e. The van der Waals surface area contributed by atoms with E-state index in [-0.39, 0.29) is 6.61 Å². The maximum atomic E-state index is 9.41. The minimum absolute atomic E-state index is 0.249. The van der Waals surface area contributed by atoms with Crippen molar-refractivity contribution in [2.45, 2.75) is 25.3 Å². The minimum atomic E-state index is 0.249. The third-order valence-corrected chi connectivity index (χ3v) is 4.46. The highest BCUT2D eigenvalue weighted by Gasteiger charge is 2.20. The van der Waals surface area contributed by atoms with Crippen molar-refractivity contribution < 1.29 is 5.11 Å². The normalized spacial score (nSPS) is 20.0. The second-order valence-corrected chi connectivity index (χ2v) is 5.93. The number of H-pyrrole nitrogens is 1. The average molecular weight is 309 g/mol. The van der Waals surface area contributed by atoms with Gasteiger partial charge in [0.1, 0.15) is 11.5 Å². The molecule has 1 atom stereocenters. The highest BCUT2D eigenvalue weighted by Crippen LogP contribution is 2.24. The predicted octanol–water partition coefficient (Wildman–Crippen LogP) is 2.47. The number of likely N-dealkylation sites (tertiary alicyclic amines) is 1. The Morgan fingerprint density at radius 3 is 3.24 bits per heavy atom. The van der Waals surface area contributed by atoms with E-state index >= 15 is 0 Å². The summed E-state index contributed by atoms with van der Waals surface area (Å²) in [7, 11) is 0. The van der Waals surface area contributed by atoms with Crippen LogP contribution in [0.25, 0.3) is 11.0 Å². The Morgan fingerprint density at radius 1 is 1.48 bits per heavy atom. The molecule has 2 aromatic heterocycles. The largest absolute Gasteiger partial charge is 0.395 e. The predicted molar refractivity (Wildman–Crippen MR) is 85.9 cm³/mol. The van der Waals surface area contributed by atoms with E-state index in [0.29, 0.717) is 11.1 Å². The number of aliphatic hydroxyl groups excluding tert-OH is 1. The zero-order valence-corrected chi connectivity index (χ0v) is 12.7. The lowest BCUT2D eigenvalue weighted by molar-refractivity contribution is 0.0940. The second-order valence-electron chi connectivity index (χ2n) is 5.52. The van der Waals surface area contributed by atoms with E-state index in [9.17, 15) is 5.11 Å². The number of fused-ring (bicyclic) bond motifs is 1. The number of rotatable bonds is 5. The lowest BCUT2D eigenvalue weighted by Crippen LogP contribution is -2.44. The molecule has 0 amide bonds. The van der Waals surface area contributed by atoms with Gasteiger partial charge < -0.3 is 15.4 Å². The molecule has 3 N–H and O–H groups in total. The van der Waals surface area contributed by atoms with Crippen molar-refractivity contribution >= 4 is 28.5 Å². The first-order valence-electron chi connectivity index (χ1n) is 7.50. The van der Waals surface area contributed by atoms with Gasteiger partial charge in [-0.1, -0.05) is 18.0 Å². The molecule has 1 aliphatic rings. The van der Waals surface area contributed by atoms with Crippen LogP contribution in [0.4, 0.5) is 5.82 Å². The molecule has 0 aliphatic carbocycles. The summed E-state index contributed by atoms with van der Waals surface area (Å²) in [5, 5.41) is 14.4. The Labute approximate surface area is 129 Å². The van der Waals surface area contributed by atoms with Crippen LogP contribution in [-0.2, 0) is 0 Å². The van der Waals surface area contributed by atoms with Gasteiger partial charge in [0.05, 0.1) is 11.6 Å². The third kappa shape index (κ3) is 3.31. The number of aromatic nitrogens is 2. The van der Waals surface area contributed by atoms with Crippen LogP contribution in [0.15, 0.2) is 18.3 Å². The summed E-state index contributed by atoms with van der Waals surface area (Å²) >= 11 is 6.23. The molecule has 0 saturated carbocycles. The minimum Gasteiger partial charge on any atom is -0.395 e. The first-order chi connectivity index (χ1) is 10.3. The van der Waals surface area contributed by atoms with E-state index in [4.69, 9.17) is 11.6 Å². The molecule has 1 unspecified atom stereocenters. The van der Waals surface area contributed by atoms with E-state index in [1.54, 1.807) is 0 Å². The van der Waals surface area contributed by atoms with Crippen molar-refractivity contribution in [2.24, 2.45) is 0 Å². The highest BCUT2D eigenvalue weighted by molar-refractivity contribution is 6.35. The van der Waals surface area contributed by atoms with Crippen LogP contribution in [0, 0.1) is 0 Å². The van der Waals surface area contributed by atoms with Crippen LogP contribution in [0.2, 0.25) is 5.02 Å². The standard InChI is InChI=1S/C15H21ClN4O/c16-13-9-14(19-15-12(13)4-5-18-15)17-6-8-20-7-2-1-3-11(20)10-21/h4-5,9,11,21H,1-3,6-8,10H2,(H2,17,18,19). The smallest absolute Gasteiger partial charge is 0.141 e. The SMILES string of the molecule is OCC1CCCCN1CCNc1cc(Cl)c2cc[nH]c2n1. The molecule has 1 saturated heterocycles. The Kier molecular flexibility index (Phi) is 4.63. The van der Waals surface area contributed by atoms with Crippen LogP contribution in [0.5, 0.6) is 0 Å². The number of nitrogens with one attached hydrogen (secondary N) is 2. The molecule has 114 valence electrons. The Hall–Kier alpha value is -1.30. The molecule has 0 bridgehead atoms. The van der Waals surface area contributed by atoms with Gasteiger partial charge in [0.25, 0.3) is 0 Å². The Bertz CT molecular complexity index is 600. The van der Waals surface area contributed by atoms with Crippen LogP contribution in [0.3, 0.4) is 0 Å². The van der Waals surface area contributed by atoms with Crippen molar-refractivity contribution in [2.75, 3.05) is 31.6 Å². The van der Waals surface area contributed by atoms with Gasteiger partial charge in [-0.05, 0) is 31.5 Å². The quantitative estimate of drug-likeness (QED) is 0.794. The zero-order chi connectivity index (χ0) is 14.7. The molecular weight excluding hydrogens is 288 g/mol. The molecule has 0 aromatic carbocycles. The number of hydrogen-bond acceptors (Lipinski definition) is 4. The number of pyridine rings is 1. The number of hydrogen-bond donors (Lipinski definition) is 3. The summed E-state index contributed by atoms with van der Waals surface area (Å²) in [6.45, 7) is 3.02. The lowest BCUT2D eigenvalue weighted by atomic mass is 10.0. The van der Waals surface area contributed by atoms with Crippen LogP contribution < -0.4 is 5.32 Å². The lowest BCUT2D eigenvalue weighted by Gasteiger charge is -2.34. The number of piperidine rings is 1. The summed E-state index contributed by atoms with van der Waals surface area (Å²) in [6.07, 6.45) is 5.37. The van der Waals surface area contributed by atoms with Crippen molar-refractivity contribution in [1.29, 1.82) is 0 Å². The van der Waals surface area contributed by atoms with Gasteiger partial charge in [0.15, 0.2) is 0 Å². The third-order valence-electron chi connectivity index (χ3n) is 4.14. The fourth-order valence-corrected chi connectivity index (χ4v) is 3.23. The highest BCUT2D eigenvalue weighted by atomic mass is 35.5. The molecular formula is C15H21ClN4O. The van der Waals surface area contributed by atoms with Gasteiger partial charge >= 0.3 is 0 Å². The zero-order valence-electron chi connectivity index (χ0n) is 12.0. The van der Waals surface area contributed by atoms with Gasteiger partial charge in [-0.2, -0.15) is 0 Å². The molecule has 2 aromatic rings. The molecule has 1 aliphatic heterocycles. The molecule has 5 nitrogen and oxygen atoms in total. The fraction of sp³-hybridized carbons (Fsp3) is 0.533. The van der Waals surface area contributed by atoms with Crippen LogP contribution in [-0.4, -0.2) is 52.3 Å². The summed E-state index contributed by atoms with van der Waals surface area (Å²) in [5.41, 5.74) is 0.802. The Morgan fingerprint density at radius 2 is 2.38 bits per heavy atom. The molecule has 3 heterocycles. The van der Waals surface area contributed by atoms with E-state index in [2.05, 4.69) is 20.2 Å². The van der Waals surface area contributed by atoms with Crippen molar-refractivity contribution in [1.82, 2.24) is 14.9 Å². The first kappa shape index (κ1) is 14.6. The van der Waals surface area contributed by atoms with Crippen molar-refractivity contribution in [3.05, 3.63) is 23.4 Å². The van der Waals surface area contributed by atoms with Gasteiger partial charge in [-0.25, -0.2) is 4.98 Å². The van der Waals surface area contributed by atoms with Crippen LogP contribution >= 0.6 is 11.6 Å². The van der Waals surface area contributed by atoms with E-state index in [0.717, 1.165) is 42.9 Å². The number of nitrogens with zero attached hydrogens (tertiary/aromatic N) is 2. The van der Waals surface area contributed by atoms with Crippen LogP contribution in [0.1, 0.15) is 19.3 Å². The fourth-order valence-electron chi connectivity index (χ4n) is 2.98. The summed E-state index contributed by atoms with van der Waals surface area (Å²) < 4.78 is 0. The van der Waals surface area contributed by atoms with Gasteiger partial charge in [-0.15, -0.1) is 0 Å². The molecule has 0 radical (unpaired) electrons. The second kappa shape index (κ2) is 6.64. The maximum absolute atomic E-state index is 9.41. The van der Waals surface area contributed by atoms with Gasteiger partial charge in [0.2, 0.25) is 0 Å². The topological polar surface area (TPSA) is 64.2 Å². The number of anilines is 1. The molecule has 3 rings (SSSR count). The number of aromatic amines is 1.